The van der Waals surface area contributed by atoms with Crippen molar-refractivity contribution in [2.75, 3.05) is 13.2 Å². The SMILES string of the molecule is CC1(COc2ccc(Br)c(Br)c2Br)CO1. The van der Waals surface area contributed by atoms with Crippen LogP contribution in [0.3, 0.4) is 0 Å². The molecule has 82 valence electrons. The molecule has 2 rings (SSSR count). The quantitative estimate of drug-likeness (QED) is 0.562. The largest absolute Gasteiger partial charge is 0.489 e. The molecule has 0 saturated carbocycles. The highest BCUT2D eigenvalue weighted by atomic mass is 79.9. The molecule has 0 N–H and O–H groups in total. The first-order valence-corrected chi connectivity index (χ1v) is 6.80. The van der Waals surface area contributed by atoms with Crippen molar-refractivity contribution in [3.05, 3.63) is 25.6 Å². The summed E-state index contributed by atoms with van der Waals surface area (Å²) in [6.07, 6.45) is 0. The first kappa shape index (κ1) is 11.9. The Labute approximate surface area is 114 Å². The molecule has 1 aliphatic heterocycles. The summed E-state index contributed by atoms with van der Waals surface area (Å²) >= 11 is 10.4. The highest BCUT2D eigenvalue weighted by Gasteiger charge is 2.40. The van der Waals surface area contributed by atoms with E-state index in [4.69, 9.17) is 9.47 Å². The Kier molecular flexibility index (Phi) is 3.45. The van der Waals surface area contributed by atoms with Crippen LogP contribution in [0.15, 0.2) is 25.6 Å². The van der Waals surface area contributed by atoms with Crippen molar-refractivity contribution in [2.45, 2.75) is 12.5 Å². The third-order valence-corrected chi connectivity index (χ3v) is 5.51. The average Bonchev–Trinajstić information content (AvgIpc) is 2.93. The van der Waals surface area contributed by atoms with E-state index in [-0.39, 0.29) is 5.60 Å². The van der Waals surface area contributed by atoms with Gasteiger partial charge in [0.2, 0.25) is 0 Å². The lowest BCUT2D eigenvalue weighted by atomic mass is 10.2. The van der Waals surface area contributed by atoms with Crippen LogP contribution in [-0.2, 0) is 4.74 Å². The molecule has 1 saturated heterocycles. The van der Waals surface area contributed by atoms with Crippen molar-refractivity contribution < 1.29 is 9.47 Å². The Morgan fingerprint density at radius 3 is 2.60 bits per heavy atom. The Morgan fingerprint density at radius 1 is 1.33 bits per heavy atom. The Morgan fingerprint density at radius 2 is 2.00 bits per heavy atom. The van der Waals surface area contributed by atoms with Crippen molar-refractivity contribution in [3.63, 3.8) is 0 Å². The van der Waals surface area contributed by atoms with E-state index in [0.29, 0.717) is 6.61 Å². The summed E-state index contributed by atoms with van der Waals surface area (Å²) < 4.78 is 13.8. The molecule has 1 atom stereocenters. The molecule has 15 heavy (non-hydrogen) atoms. The van der Waals surface area contributed by atoms with Gasteiger partial charge in [0.05, 0.1) is 11.1 Å². The van der Waals surface area contributed by atoms with Crippen LogP contribution in [0.4, 0.5) is 0 Å². The topological polar surface area (TPSA) is 21.8 Å². The van der Waals surface area contributed by atoms with Gasteiger partial charge in [-0.2, -0.15) is 0 Å². The summed E-state index contributed by atoms with van der Waals surface area (Å²) in [6, 6.07) is 3.87. The molecule has 1 fully saturated rings. The van der Waals surface area contributed by atoms with Crippen molar-refractivity contribution >= 4 is 47.8 Å². The number of hydrogen-bond acceptors (Lipinski definition) is 2. The maximum absolute atomic E-state index is 5.68. The lowest BCUT2D eigenvalue weighted by Gasteiger charge is -2.11. The maximum atomic E-state index is 5.68. The van der Waals surface area contributed by atoms with Gasteiger partial charge in [0.15, 0.2) is 0 Å². The highest BCUT2D eigenvalue weighted by Crippen LogP contribution is 2.38. The van der Waals surface area contributed by atoms with E-state index >= 15 is 0 Å². The first-order chi connectivity index (χ1) is 7.02. The molecule has 0 bridgehead atoms. The molecule has 0 aromatic heterocycles. The summed E-state index contributed by atoms with van der Waals surface area (Å²) in [5, 5.41) is 0. The number of hydrogen-bond donors (Lipinski definition) is 0. The van der Waals surface area contributed by atoms with Gasteiger partial charge in [0.25, 0.3) is 0 Å². The van der Waals surface area contributed by atoms with E-state index in [9.17, 15) is 0 Å². The van der Waals surface area contributed by atoms with Gasteiger partial charge in [-0.15, -0.1) is 0 Å². The zero-order valence-electron chi connectivity index (χ0n) is 8.02. The van der Waals surface area contributed by atoms with Crippen LogP contribution in [-0.4, -0.2) is 18.8 Å². The normalized spacial score (nSPS) is 24.0. The maximum Gasteiger partial charge on any atom is 0.134 e. The smallest absolute Gasteiger partial charge is 0.134 e. The Balaban J connectivity index is 2.11. The standard InChI is InChI=1S/C10H9Br3O2/c1-10(5-15-10)4-14-7-3-2-6(11)8(12)9(7)13/h2-3H,4-5H2,1H3. The number of ether oxygens (including phenoxy) is 2. The minimum Gasteiger partial charge on any atom is -0.489 e. The second kappa shape index (κ2) is 4.35. The molecule has 0 spiro atoms. The van der Waals surface area contributed by atoms with Gasteiger partial charge in [0, 0.05) is 8.95 Å². The fourth-order valence-electron chi connectivity index (χ4n) is 1.06. The Hall–Kier alpha value is 0.420. The van der Waals surface area contributed by atoms with Gasteiger partial charge in [0.1, 0.15) is 18.0 Å². The second-order valence-electron chi connectivity index (χ2n) is 3.70. The van der Waals surface area contributed by atoms with Crippen molar-refractivity contribution in [1.82, 2.24) is 0 Å². The zero-order valence-corrected chi connectivity index (χ0v) is 12.8. The fourth-order valence-corrected chi connectivity index (χ4v) is 2.44. The van der Waals surface area contributed by atoms with E-state index in [2.05, 4.69) is 47.8 Å². The lowest BCUT2D eigenvalue weighted by molar-refractivity contribution is 0.201. The summed E-state index contributed by atoms with van der Waals surface area (Å²) in [4.78, 5) is 0. The van der Waals surface area contributed by atoms with Gasteiger partial charge in [-0.05, 0) is 66.8 Å². The molecule has 1 aromatic carbocycles. The highest BCUT2D eigenvalue weighted by molar-refractivity contribution is 9.14. The van der Waals surface area contributed by atoms with Crippen LogP contribution in [0.5, 0.6) is 5.75 Å². The Bertz CT molecular complexity index is 388. The molecule has 1 unspecified atom stereocenters. The number of benzene rings is 1. The van der Waals surface area contributed by atoms with Gasteiger partial charge >= 0.3 is 0 Å². The van der Waals surface area contributed by atoms with Gasteiger partial charge in [-0.1, -0.05) is 0 Å². The summed E-state index contributed by atoms with van der Waals surface area (Å²) in [5.74, 6) is 0.821. The van der Waals surface area contributed by atoms with Crippen LogP contribution >= 0.6 is 47.8 Å². The van der Waals surface area contributed by atoms with Gasteiger partial charge in [-0.25, -0.2) is 0 Å². The molecular weight excluding hydrogens is 392 g/mol. The molecule has 0 amide bonds. The van der Waals surface area contributed by atoms with E-state index in [1.807, 2.05) is 19.1 Å². The number of halogens is 3. The van der Waals surface area contributed by atoms with Crippen molar-refractivity contribution in [3.8, 4) is 5.75 Å². The molecule has 1 aliphatic rings. The van der Waals surface area contributed by atoms with E-state index in [0.717, 1.165) is 25.8 Å². The van der Waals surface area contributed by atoms with Crippen LogP contribution in [0.2, 0.25) is 0 Å². The van der Waals surface area contributed by atoms with Crippen LogP contribution in [0, 0.1) is 0 Å². The lowest BCUT2D eigenvalue weighted by Crippen LogP contribution is -2.17. The van der Waals surface area contributed by atoms with E-state index < -0.39 is 0 Å². The van der Waals surface area contributed by atoms with Gasteiger partial charge < -0.3 is 9.47 Å². The monoisotopic (exact) mass is 398 g/mol. The van der Waals surface area contributed by atoms with E-state index in [1.165, 1.54) is 0 Å². The molecule has 5 heteroatoms. The average molecular weight is 401 g/mol. The third-order valence-electron chi connectivity index (χ3n) is 2.17. The van der Waals surface area contributed by atoms with Crippen LogP contribution in [0.25, 0.3) is 0 Å². The minimum atomic E-state index is -0.0843. The third kappa shape index (κ3) is 2.75. The van der Waals surface area contributed by atoms with Crippen molar-refractivity contribution in [1.29, 1.82) is 0 Å². The predicted molar refractivity (Wildman–Crippen MR) is 69.4 cm³/mol. The second-order valence-corrected chi connectivity index (χ2v) is 6.14. The summed E-state index contributed by atoms with van der Waals surface area (Å²) in [5.41, 5.74) is -0.0843. The first-order valence-electron chi connectivity index (χ1n) is 4.42. The number of rotatable bonds is 3. The minimum absolute atomic E-state index is 0.0843. The molecule has 0 radical (unpaired) electrons. The summed E-state index contributed by atoms with van der Waals surface area (Å²) in [7, 11) is 0. The molecule has 0 aliphatic carbocycles. The van der Waals surface area contributed by atoms with Crippen molar-refractivity contribution in [2.24, 2.45) is 0 Å². The van der Waals surface area contributed by atoms with Crippen LogP contribution in [0.1, 0.15) is 6.92 Å². The number of epoxide rings is 1. The molecule has 2 nitrogen and oxygen atoms in total. The molecule has 1 aromatic rings. The predicted octanol–water partition coefficient (Wildman–Crippen LogP) is 4.14. The molecular formula is C10H9Br3O2. The zero-order chi connectivity index (χ0) is 11.1. The van der Waals surface area contributed by atoms with E-state index in [1.54, 1.807) is 0 Å². The summed E-state index contributed by atoms with van der Waals surface area (Å²) in [6.45, 7) is 3.40. The van der Waals surface area contributed by atoms with Gasteiger partial charge in [-0.3, -0.25) is 0 Å². The molecule has 1 heterocycles. The van der Waals surface area contributed by atoms with Crippen LogP contribution < -0.4 is 4.74 Å². The fraction of sp³-hybridized carbons (Fsp3) is 0.400.